The molecular formula is C19H18ClF4N5O. The fourth-order valence-electron chi connectivity index (χ4n) is 3.23. The number of halogens is 5. The third kappa shape index (κ3) is 4.05. The molecule has 2 heterocycles. The standard InChI is InChI=1S/C19H18ClF4N5O/c1-10-8-15(29(26)17-13(21)6-3-7-27-17)14(25)9-28(10)18(30)11-4-2-5-12(16(11)20)19(22,23)24/h2-7,10H,8-9,25-26H2,1H3/t10-/m1/s1. The first kappa shape index (κ1) is 21.8. The SMILES string of the molecule is C[C@@H]1CC(N(N)c2ncccc2F)=C(N)CN1C(=O)c1cccc(C(F)(F)F)c1Cl. The molecule has 1 aliphatic heterocycles. The Morgan fingerprint density at radius 2 is 2.00 bits per heavy atom. The van der Waals surface area contributed by atoms with Crippen LogP contribution in [0.5, 0.6) is 0 Å². The van der Waals surface area contributed by atoms with Crippen molar-refractivity contribution in [2.75, 3.05) is 11.6 Å². The number of anilines is 1. The summed E-state index contributed by atoms with van der Waals surface area (Å²) in [5, 5.41) is 0.340. The lowest BCUT2D eigenvalue weighted by molar-refractivity contribution is -0.137. The molecule has 160 valence electrons. The number of hydrogen-bond acceptors (Lipinski definition) is 5. The third-order valence-electron chi connectivity index (χ3n) is 4.79. The second-order valence-electron chi connectivity index (χ2n) is 6.80. The lowest BCUT2D eigenvalue weighted by atomic mass is 10.0. The van der Waals surface area contributed by atoms with E-state index in [1.54, 1.807) is 6.92 Å². The lowest BCUT2D eigenvalue weighted by Gasteiger charge is -2.37. The van der Waals surface area contributed by atoms with Crippen molar-refractivity contribution in [2.45, 2.75) is 25.6 Å². The zero-order chi connectivity index (χ0) is 22.2. The van der Waals surface area contributed by atoms with Crippen molar-refractivity contribution in [1.82, 2.24) is 9.88 Å². The number of carbonyl (C=O) groups excluding carboxylic acids is 1. The van der Waals surface area contributed by atoms with Crippen LogP contribution in [-0.2, 0) is 6.18 Å². The van der Waals surface area contributed by atoms with E-state index in [-0.39, 0.29) is 30.0 Å². The number of nitrogens with zero attached hydrogens (tertiary/aromatic N) is 3. The van der Waals surface area contributed by atoms with E-state index in [1.165, 1.54) is 29.3 Å². The fraction of sp³-hybridized carbons (Fsp3) is 0.263. The Labute approximate surface area is 174 Å². The summed E-state index contributed by atoms with van der Waals surface area (Å²) in [5.74, 6) is 4.50. The molecule has 0 aliphatic carbocycles. The van der Waals surface area contributed by atoms with Crippen LogP contribution >= 0.6 is 11.6 Å². The van der Waals surface area contributed by atoms with E-state index in [2.05, 4.69) is 4.98 Å². The molecule has 30 heavy (non-hydrogen) atoms. The van der Waals surface area contributed by atoms with Crippen molar-refractivity contribution >= 4 is 23.3 Å². The molecule has 4 N–H and O–H groups in total. The van der Waals surface area contributed by atoms with Crippen molar-refractivity contribution in [3.05, 3.63) is 69.9 Å². The van der Waals surface area contributed by atoms with E-state index < -0.39 is 34.5 Å². The zero-order valence-electron chi connectivity index (χ0n) is 15.8. The topological polar surface area (TPSA) is 88.5 Å². The molecule has 0 spiro atoms. The Bertz CT molecular complexity index is 1010. The Morgan fingerprint density at radius 1 is 1.30 bits per heavy atom. The van der Waals surface area contributed by atoms with Gasteiger partial charge in [0.15, 0.2) is 11.6 Å². The van der Waals surface area contributed by atoms with Gasteiger partial charge in [0.05, 0.1) is 28.4 Å². The van der Waals surface area contributed by atoms with Gasteiger partial charge in [-0.3, -0.25) is 9.80 Å². The lowest BCUT2D eigenvalue weighted by Crippen LogP contribution is -2.48. The van der Waals surface area contributed by atoms with E-state index >= 15 is 0 Å². The fourth-order valence-corrected chi connectivity index (χ4v) is 3.54. The molecule has 0 radical (unpaired) electrons. The number of amides is 1. The Hall–Kier alpha value is -2.85. The van der Waals surface area contributed by atoms with Gasteiger partial charge in [0.25, 0.3) is 5.91 Å². The smallest absolute Gasteiger partial charge is 0.399 e. The molecule has 1 aromatic carbocycles. The zero-order valence-corrected chi connectivity index (χ0v) is 16.5. The second-order valence-corrected chi connectivity index (χ2v) is 7.18. The predicted molar refractivity (Wildman–Crippen MR) is 104 cm³/mol. The Morgan fingerprint density at radius 3 is 2.63 bits per heavy atom. The van der Waals surface area contributed by atoms with Gasteiger partial charge in [-0.15, -0.1) is 0 Å². The average Bonchev–Trinajstić information content (AvgIpc) is 2.68. The van der Waals surface area contributed by atoms with Gasteiger partial charge in [-0.1, -0.05) is 17.7 Å². The summed E-state index contributed by atoms with van der Waals surface area (Å²) in [6.45, 7) is 1.55. The largest absolute Gasteiger partial charge is 0.417 e. The van der Waals surface area contributed by atoms with Crippen LogP contribution in [0.3, 0.4) is 0 Å². The highest BCUT2D eigenvalue weighted by molar-refractivity contribution is 6.34. The second kappa shape index (κ2) is 8.11. The minimum atomic E-state index is -4.69. The predicted octanol–water partition coefficient (Wildman–Crippen LogP) is 3.68. The number of nitrogens with two attached hydrogens (primary N) is 2. The van der Waals surface area contributed by atoms with Gasteiger partial charge >= 0.3 is 6.18 Å². The van der Waals surface area contributed by atoms with Gasteiger partial charge in [0, 0.05) is 24.4 Å². The van der Waals surface area contributed by atoms with Crippen LogP contribution in [0, 0.1) is 5.82 Å². The molecule has 6 nitrogen and oxygen atoms in total. The van der Waals surface area contributed by atoms with Crippen LogP contribution in [0.25, 0.3) is 0 Å². The highest BCUT2D eigenvalue weighted by Gasteiger charge is 2.37. The number of benzene rings is 1. The first-order valence-corrected chi connectivity index (χ1v) is 9.19. The molecule has 3 rings (SSSR count). The highest BCUT2D eigenvalue weighted by atomic mass is 35.5. The molecule has 1 atom stereocenters. The maximum absolute atomic E-state index is 14.0. The van der Waals surface area contributed by atoms with E-state index in [0.29, 0.717) is 5.70 Å². The number of alkyl halides is 3. The van der Waals surface area contributed by atoms with E-state index in [0.717, 1.165) is 17.1 Å². The molecule has 0 saturated carbocycles. The third-order valence-corrected chi connectivity index (χ3v) is 5.19. The minimum Gasteiger partial charge on any atom is -0.399 e. The molecule has 0 unspecified atom stereocenters. The van der Waals surface area contributed by atoms with Crippen LogP contribution in [0.15, 0.2) is 47.9 Å². The van der Waals surface area contributed by atoms with Crippen LogP contribution in [-0.4, -0.2) is 28.4 Å². The summed E-state index contributed by atoms with van der Waals surface area (Å²) < 4.78 is 53.3. The maximum atomic E-state index is 14.0. The number of hydrogen-bond donors (Lipinski definition) is 2. The van der Waals surface area contributed by atoms with Crippen LogP contribution in [0.4, 0.5) is 23.4 Å². The summed E-state index contributed by atoms with van der Waals surface area (Å²) in [7, 11) is 0. The van der Waals surface area contributed by atoms with E-state index in [1.807, 2.05) is 0 Å². The van der Waals surface area contributed by atoms with Crippen molar-refractivity contribution in [1.29, 1.82) is 0 Å². The molecule has 0 saturated heterocycles. The molecule has 11 heteroatoms. The van der Waals surface area contributed by atoms with Crippen LogP contribution < -0.4 is 16.6 Å². The number of hydrazine groups is 1. The quantitative estimate of drug-likeness (QED) is 0.429. The number of rotatable bonds is 3. The van der Waals surface area contributed by atoms with Crippen molar-refractivity contribution in [2.24, 2.45) is 11.6 Å². The van der Waals surface area contributed by atoms with Crippen molar-refractivity contribution in [3.8, 4) is 0 Å². The maximum Gasteiger partial charge on any atom is 0.417 e. The summed E-state index contributed by atoms with van der Waals surface area (Å²) in [6.07, 6.45) is -3.19. The first-order valence-electron chi connectivity index (χ1n) is 8.82. The monoisotopic (exact) mass is 443 g/mol. The summed E-state index contributed by atoms with van der Waals surface area (Å²) in [6, 6.07) is 5.25. The Balaban J connectivity index is 1.91. The average molecular weight is 444 g/mol. The van der Waals surface area contributed by atoms with E-state index in [9.17, 15) is 22.4 Å². The molecule has 1 aliphatic rings. The number of pyridine rings is 1. The number of carbonyl (C=O) groups is 1. The van der Waals surface area contributed by atoms with Crippen LogP contribution in [0.1, 0.15) is 29.3 Å². The summed E-state index contributed by atoms with van der Waals surface area (Å²) >= 11 is 5.88. The van der Waals surface area contributed by atoms with Gasteiger partial charge in [0.2, 0.25) is 0 Å². The summed E-state index contributed by atoms with van der Waals surface area (Å²) in [4.78, 5) is 18.1. The first-order chi connectivity index (χ1) is 14.0. The molecular weight excluding hydrogens is 426 g/mol. The van der Waals surface area contributed by atoms with Gasteiger partial charge in [0.1, 0.15) is 0 Å². The molecule has 2 aromatic rings. The summed E-state index contributed by atoms with van der Waals surface area (Å²) in [5.41, 5.74) is 5.22. The molecule has 0 bridgehead atoms. The minimum absolute atomic E-state index is 0.121. The van der Waals surface area contributed by atoms with Gasteiger partial charge in [-0.25, -0.2) is 15.2 Å². The molecule has 0 fully saturated rings. The normalized spacial score (nSPS) is 17.3. The molecule has 1 aromatic heterocycles. The molecule has 1 amide bonds. The Kier molecular flexibility index (Phi) is 5.91. The van der Waals surface area contributed by atoms with E-state index in [4.69, 9.17) is 23.2 Å². The van der Waals surface area contributed by atoms with Crippen molar-refractivity contribution < 1.29 is 22.4 Å². The van der Waals surface area contributed by atoms with Crippen molar-refractivity contribution in [3.63, 3.8) is 0 Å². The van der Waals surface area contributed by atoms with Gasteiger partial charge in [-0.2, -0.15) is 13.2 Å². The number of aromatic nitrogens is 1. The van der Waals surface area contributed by atoms with Crippen LogP contribution in [0.2, 0.25) is 5.02 Å². The van der Waals surface area contributed by atoms with Gasteiger partial charge < -0.3 is 10.6 Å². The highest BCUT2D eigenvalue weighted by Crippen LogP contribution is 2.37. The van der Waals surface area contributed by atoms with Gasteiger partial charge in [-0.05, 0) is 31.2 Å².